The van der Waals surface area contributed by atoms with Crippen LogP contribution < -0.4 is 10.2 Å². The van der Waals surface area contributed by atoms with Crippen LogP contribution in [0.3, 0.4) is 0 Å². The van der Waals surface area contributed by atoms with E-state index in [0.717, 1.165) is 62.6 Å². The van der Waals surface area contributed by atoms with Gasteiger partial charge >= 0.3 is 0 Å². The van der Waals surface area contributed by atoms with Gasteiger partial charge in [0.15, 0.2) is 0 Å². The normalized spacial score (nSPS) is 21.6. The van der Waals surface area contributed by atoms with Gasteiger partial charge in [-0.15, -0.1) is 0 Å². The predicted octanol–water partition coefficient (Wildman–Crippen LogP) is 5.07. The van der Waals surface area contributed by atoms with Gasteiger partial charge in [0.25, 0.3) is 0 Å². The number of hydrogen-bond donors (Lipinski definition) is 1. The Labute approximate surface area is 183 Å². The fourth-order valence-electron chi connectivity index (χ4n) is 4.83. The molecule has 0 spiro atoms. The zero-order chi connectivity index (χ0) is 21.1. The molecule has 1 atom stereocenters. The Kier molecular flexibility index (Phi) is 6.30. The third kappa shape index (κ3) is 4.06. The first kappa shape index (κ1) is 21.1. The van der Waals surface area contributed by atoms with Crippen LogP contribution in [-0.2, 0) is 10.2 Å². The minimum atomic E-state index is -0.593. The number of carbonyl (C=O) groups is 1. The van der Waals surface area contributed by atoms with Crippen LogP contribution in [0.25, 0.3) is 0 Å². The highest BCUT2D eigenvalue weighted by Gasteiger charge is 2.45. The van der Waals surface area contributed by atoms with Gasteiger partial charge in [0.1, 0.15) is 5.82 Å². The van der Waals surface area contributed by atoms with Crippen LogP contribution in [0.2, 0.25) is 5.02 Å². The molecule has 2 heterocycles. The molecule has 0 bridgehead atoms. The van der Waals surface area contributed by atoms with E-state index in [4.69, 9.17) is 11.6 Å². The molecule has 4 nitrogen and oxygen atoms in total. The lowest BCUT2D eigenvalue weighted by Crippen LogP contribution is -2.46. The summed E-state index contributed by atoms with van der Waals surface area (Å²) in [5.74, 6) is -0.392. The molecule has 4 rings (SSSR count). The summed E-state index contributed by atoms with van der Waals surface area (Å²) >= 11 is 5.99. The molecular formula is C24H29ClFN3O. The van der Waals surface area contributed by atoms with Gasteiger partial charge in [-0.2, -0.15) is 0 Å². The van der Waals surface area contributed by atoms with Crippen LogP contribution in [0.4, 0.5) is 15.8 Å². The van der Waals surface area contributed by atoms with Gasteiger partial charge in [0.05, 0.1) is 11.1 Å². The summed E-state index contributed by atoms with van der Waals surface area (Å²) in [7, 11) is 0. The number of unbranched alkanes of at least 4 members (excludes halogenated alkanes) is 1. The molecule has 0 aromatic heterocycles. The summed E-state index contributed by atoms with van der Waals surface area (Å²) in [5, 5.41) is 3.55. The lowest BCUT2D eigenvalue weighted by molar-refractivity contribution is -0.121. The van der Waals surface area contributed by atoms with Crippen LogP contribution in [0.15, 0.2) is 42.5 Å². The summed E-state index contributed by atoms with van der Waals surface area (Å²) in [6, 6.07) is 13.1. The number of fused-ring (bicyclic) bond motifs is 1. The molecule has 0 saturated carbocycles. The topological polar surface area (TPSA) is 35.6 Å². The third-order valence-electron chi connectivity index (χ3n) is 6.70. The predicted molar refractivity (Wildman–Crippen MR) is 121 cm³/mol. The van der Waals surface area contributed by atoms with Gasteiger partial charge in [-0.3, -0.25) is 9.69 Å². The Hall–Kier alpha value is -2.11. The van der Waals surface area contributed by atoms with E-state index in [1.54, 1.807) is 6.07 Å². The molecule has 2 aliphatic rings. The number of amides is 1. The molecule has 0 aliphatic carbocycles. The number of nitrogens with one attached hydrogen (secondary N) is 1. The minimum Gasteiger partial charge on any atom is -0.369 e. The molecule has 1 saturated heterocycles. The molecule has 6 heteroatoms. The monoisotopic (exact) mass is 429 g/mol. The van der Waals surface area contributed by atoms with Crippen LogP contribution in [0.5, 0.6) is 0 Å². The second-order valence-corrected chi connectivity index (χ2v) is 8.75. The Morgan fingerprint density at radius 3 is 2.50 bits per heavy atom. The maximum Gasteiger partial charge on any atom is 0.235 e. The van der Waals surface area contributed by atoms with Gasteiger partial charge in [-0.25, -0.2) is 4.39 Å². The maximum absolute atomic E-state index is 14.1. The van der Waals surface area contributed by atoms with Crippen LogP contribution in [0.1, 0.15) is 38.2 Å². The molecule has 2 aromatic rings. The van der Waals surface area contributed by atoms with Gasteiger partial charge in [0, 0.05) is 36.9 Å². The molecule has 2 aliphatic heterocycles. The van der Waals surface area contributed by atoms with Crippen LogP contribution >= 0.6 is 11.6 Å². The Morgan fingerprint density at radius 2 is 1.80 bits per heavy atom. The quantitative estimate of drug-likeness (QED) is 0.624. The maximum atomic E-state index is 14.1. The molecule has 1 fully saturated rings. The lowest BCUT2D eigenvalue weighted by atomic mass is 9.75. The highest BCUT2D eigenvalue weighted by Crippen LogP contribution is 2.44. The van der Waals surface area contributed by atoms with Crippen molar-refractivity contribution in [2.24, 2.45) is 0 Å². The SMILES string of the molecule is CCC1(CCCCN2CCN(c3ccc(Cl)cc3)CC2)C(=O)Nc2c(F)cccc21. The second-order valence-electron chi connectivity index (χ2n) is 8.31. The van der Waals surface area contributed by atoms with Gasteiger partial charge in [0.2, 0.25) is 5.91 Å². The average Bonchev–Trinajstić information content (AvgIpc) is 3.05. The fourth-order valence-corrected chi connectivity index (χ4v) is 4.95. The summed E-state index contributed by atoms with van der Waals surface area (Å²) in [5.41, 5.74) is 1.83. The zero-order valence-electron chi connectivity index (χ0n) is 17.5. The van der Waals surface area contributed by atoms with Crippen molar-refractivity contribution in [2.45, 2.75) is 38.0 Å². The Balaban J connectivity index is 1.27. The van der Waals surface area contributed by atoms with E-state index in [1.165, 1.54) is 11.8 Å². The van der Waals surface area contributed by atoms with E-state index in [9.17, 15) is 9.18 Å². The van der Waals surface area contributed by atoms with E-state index in [-0.39, 0.29) is 11.7 Å². The average molecular weight is 430 g/mol. The first-order valence-electron chi connectivity index (χ1n) is 10.9. The van der Waals surface area contributed by atoms with Gasteiger partial charge in [-0.05, 0) is 61.7 Å². The molecule has 160 valence electrons. The smallest absolute Gasteiger partial charge is 0.235 e. The van der Waals surface area contributed by atoms with E-state index in [0.29, 0.717) is 12.1 Å². The van der Waals surface area contributed by atoms with Gasteiger partial charge in [-0.1, -0.05) is 37.1 Å². The number of nitrogens with zero attached hydrogens (tertiary/aromatic N) is 2. The summed E-state index contributed by atoms with van der Waals surface area (Å²) in [6.07, 6.45) is 3.45. The van der Waals surface area contributed by atoms with Gasteiger partial charge < -0.3 is 10.2 Å². The van der Waals surface area contributed by atoms with Crippen molar-refractivity contribution in [2.75, 3.05) is 42.9 Å². The fraction of sp³-hybridized carbons (Fsp3) is 0.458. The van der Waals surface area contributed by atoms with Crippen molar-refractivity contribution in [3.63, 3.8) is 0 Å². The first-order chi connectivity index (χ1) is 14.5. The Morgan fingerprint density at radius 1 is 1.07 bits per heavy atom. The first-order valence-corrected chi connectivity index (χ1v) is 11.2. The second kappa shape index (κ2) is 8.94. The number of para-hydroxylation sites is 1. The number of halogens is 2. The molecule has 1 N–H and O–H groups in total. The number of piperazine rings is 1. The van der Waals surface area contributed by atoms with E-state index in [1.807, 2.05) is 25.1 Å². The molecule has 1 amide bonds. The third-order valence-corrected chi connectivity index (χ3v) is 6.95. The molecule has 30 heavy (non-hydrogen) atoms. The number of rotatable bonds is 7. The van der Waals surface area contributed by atoms with Crippen molar-refractivity contribution in [3.8, 4) is 0 Å². The van der Waals surface area contributed by atoms with E-state index < -0.39 is 5.41 Å². The van der Waals surface area contributed by atoms with Crippen molar-refractivity contribution in [1.29, 1.82) is 0 Å². The van der Waals surface area contributed by atoms with Crippen molar-refractivity contribution < 1.29 is 9.18 Å². The minimum absolute atomic E-state index is 0.0540. The Bertz CT molecular complexity index is 896. The summed E-state index contributed by atoms with van der Waals surface area (Å²) in [4.78, 5) is 17.6. The zero-order valence-corrected chi connectivity index (χ0v) is 18.2. The molecule has 2 aromatic carbocycles. The lowest BCUT2D eigenvalue weighted by Gasteiger charge is -2.36. The van der Waals surface area contributed by atoms with Crippen molar-refractivity contribution in [3.05, 3.63) is 58.9 Å². The van der Waals surface area contributed by atoms with Crippen molar-refractivity contribution >= 4 is 28.9 Å². The molecular weight excluding hydrogens is 401 g/mol. The van der Waals surface area contributed by atoms with Crippen molar-refractivity contribution in [1.82, 2.24) is 4.90 Å². The number of anilines is 2. The number of hydrogen-bond acceptors (Lipinski definition) is 3. The largest absolute Gasteiger partial charge is 0.369 e. The van der Waals surface area contributed by atoms with E-state index in [2.05, 4.69) is 27.2 Å². The highest BCUT2D eigenvalue weighted by molar-refractivity contribution is 6.30. The summed E-state index contributed by atoms with van der Waals surface area (Å²) < 4.78 is 14.1. The molecule has 0 radical (unpaired) electrons. The number of carbonyl (C=O) groups excluding carboxylic acids is 1. The summed E-state index contributed by atoms with van der Waals surface area (Å²) in [6.45, 7) is 7.15. The highest BCUT2D eigenvalue weighted by atomic mass is 35.5. The standard InChI is InChI=1S/C24H29ClFN3O/c1-2-24(20-6-5-7-21(26)22(20)27-23(24)30)12-3-4-13-28-14-16-29(17-15-28)19-10-8-18(25)9-11-19/h5-11H,2-4,12-17H2,1H3,(H,27,30). The van der Waals surface area contributed by atoms with Crippen LogP contribution in [0, 0.1) is 5.82 Å². The number of benzene rings is 2. The molecule has 1 unspecified atom stereocenters. The van der Waals surface area contributed by atoms with Crippen LogP contribution in [-0.4, -0.2) is 43.5 Å². The van der Waals surface area contributed by atoms with E-state index >= 15 is 0 Å².